The molecule has 4 rings (SSSR count). The summed E-state index contributed by atoms with van der Waals surface area (Å²) in [5, 5.41) is 19.1. The van der Waals surface area contributed by atoms with Crippen molar-refractivity contribution in [2.75, 3.05) is 5.75 Å². The fourth-order valence-electron chi connectivity index (χ4n) is 4.07. The van der Waals surface area contributed by atoms with Crippen LogP contribution in [0.2, 0.25) is 0 Å². The summed E-state index contributed by atoms with van der Waals surface area (Å²) in [6, 6.07) is 12.9. The molecule has 1 aliphatic carbocycles. The van der Waals surface area contributed by atoms with Crippen LogP contribution < -0.4 is 9.46 Å². The van der Waals surface area contributed by atoms with E-state index in [0.717, 1.165) is 32.1 Å². The van der Waals surface area contributed by atoms with Crippen molar-refractivity contribution < 1.29 is 23.1 Å². The largest absolute Gasteiger partial charge is 0.490 e. The molecule has 0 bridgehead atoms. The van der Waals surface area contributed by atoms with Crippen LogP contribution in [0.4, 0.5) is 0 Å². The van der Waals surface area contributed by atoms with Gasteiger partial charge in [-0.05, 0) is 61.6 Å². The molecule has 8 nitrogen and oxygen atoms in total. The number of carboxylic acid groups (broad SMARTS) is 1. The molecule has 1 atom stereocenters. The number of nitrogens with zero attached hydrogens (tertiary/aromatic N) is 2. The first kappa shape index (κ1) is 23.9. The van der Waals surface area contributed by atoms with Gasteiger partial charge in [0.05, 0.1) is 16.5 Å². The number of benzene rings is 2. The third-order valence-electron chi connectivity index (χ3n) is 5.39. The van der Waals surface area contributed by atoms with E-state index in [1.165, 1.54) is 11.3 Å². The molecule has 0 radical (unpaired) electrons. The van der Waals surface area contributed by atoms with Crippen LogP contribution in [0.25, 0.3) is 21.0 Å². The number of rotatable bonds is 8. The Balaban J connectivity index is 1.62. The maximum atomic E-state index is 12.1. The van der Waals surface area contributed by atoms with Crippen molar-refractivity contribution in [3.8, 4) is 32.8 Å². The minimum Gasteiger partial charge on any atom is -0.490 e. The third-order valence-corrected chi connectivity index (χ3v) is 7.74. The van der Waals surface area contributed by atoms with Crippen molar-refractivity contribution in [2.24, 2.45) is 0 Å². The molecule has 0 spiro atoms. The average molecular weight is 498 g/mol. The van der Waals surface area contributed by atoms with Gasteiger partial charge in [0.1, 0.15) is 16.8 Å². The summed E-state index contributed by atoms with van der Waals surface area (Å²) in [4.78, 5) is 16.3. The standard InChI is InChI=1S/C24H23N3O5S2/c1-14(2)32-21-9-6-15(10-16(21)11-25)24-26-12-22(33-24)19-5-3-4-18-17(19)7-8-20(18)27-34(30,31)13-23(28)29/h3-6,9-10,12,14,20,27H,7-8,13H2,1-2H3,(H,28,29). The second-order valence-corrected chi connectivity index (χ2v) is 11.0. The molecule has 1 heterocycles. The molecule has 34 heavy (non-hydrogen) atoms. The molecular weight excluding hydrogens is 474 g/mol. The predicted octanol–water partition coefficient (Wildman–Crippen LogP) is 4.13. The Bertz CT molecular complexity index is 1390. The summed E-state index contributed by atoms with van der Waals surface area (Å²) in [5.74, 6) is -1.81. The highest BCUT2D eigenvalue weighted by molar-refractivity contribution is 7.90. The van der Waals surface area contributed by atoms with E-state index in [1.807, 2.05) is 38.1 Å². The molecule has 1 aromatic heterocycles. The first-order chi connectivity index (χ1) is 16.2. The molecule has 0 saturated carbocycles. The summed E-state index contributed by atoms with van der Waals surface area (Å²) in [6.07, 6.45) is 2.96. The normalized spacial score (nSPS) is 15.2. The minimum atomic E-state index is -3.93. The topological polar surface area (TPSA) is 129 Å². The number of sulfonamides is 1. The maximum absolute atomic E-state index is 12.1. The molecule has 0 aliphatic heterocycles. The van der Waals surface area contributed by atoms with Crippen molar-refractivity contribution in [3.05, 3.63) is 59.3 Å². The van der Waals surface area contributed by atoms with E-state index in [9.17, 15) is 18.5 Å². The molecule has 0 fully saturated rings. The number of ether oxygens (including phenoxy) is 1. The lowest BCUT2D eigenvalue weighted by Gasteiger charge is -2.14. The van der Waals surface area contributed by atoms with Gasteiger partial charge in [-0.1, -0.05) is 18.2 Å². The zero-order valence-electron chi connectivity index (χ0n) is 18.6. The van der Waals surface area contributed by atoms with Crippen LogP contribution in [0, 0.1) is 11.3 Å². The van der Waals surface area contributed by atoms with Gasteiger partial charge < -0.3 is 9.84 Å². The smallest absolute Gasteiger partial charge is 0.320 e. The average Bonchev–Trinajstić information content (AvgIpc) is 3.40. The van der Waals surface area contributed by atoms with Crippen molar-refractivity contribution in [1.82, 2.24) is 9.71 Å². The van der Waals surface area contributed by atoms with Crippen LogP contribution in [0.5, 0.6) is 5.75 Å². The number of aromatic nitrogens is 1. The quantitative estimate of drug-likeness (QED) is 0.479. The van der Waals surface area contributed by atoms with Crippen molar-refractivity contribution in [2.45, 2.75) is 38.8 Å². The Morgan fingerprint density at radius 1 is 1.35 bits per heavy atom. The lowest BCUT2D eigenvalue weighted by Crippen LogP contribution is -2.32. The van der Waals surface area contributed by atoms with Gasteiger partial charge in [0.2, 0.25) is 10.0 Å². The van der Waals surface area contributed by atoms with Gasteiger partial charge in [0.25, 0.3) is 0 Å². The molecule has 3 aromatic rings. The fourth-order valence-corrected chi connectivity index (χ4v) is 6.12. The van der Waals surface area contributed by atoms with Gasteiger partial charge in [0.15, 0.2) is 5.75 Å². The summed E-state index contributed by atoms with van der Waals surface area (Å²) in [5.41, 5.74) is 4.11. The fraction of sp³-hybridized carbons (Fsp3) is 0.292. The monoisotopic (exact) mass is 497 g/mol. The highest BCUT2D eigenvalue weighted by Crippen LogP contribution is 2.41. The number of hydrogen-bond donors (Lipinski definition) is 2. The van der Waals surface area contributed by atoms with Crippen molar-refractivity contribution in [1.29, 1.82) is 5.26 Å². The second-order valence-electron chi connectivity index (χ2n) is 8.25. The van der Waals surface area contributed by atoms with Gasteiger partial charge in [-0.3, -0.25) is 4.79 Å². The van der Waals surface area contributed by atoms with Gasteiger partial charge in [-0.15, -0.1) is 11.3 Å². The van der Waals surface area contributed by atoms with Crippen molar-refractivity contribution in [3.63, 3.8) is 0 Å². The summed E-state index contributed by atoms with van der Waals surface area (Å²) in [6.45, 7) is 3.81. The van der Waals surface area contributed by atoms with E-state index in [0.29, 0.717) is 24.2 Å². The molecule has 1 aliphatic rings. The molecule has 0 saturated heterocycles. The number of hydrogen-bond acceptors (Lipinski definition) is 7. The van der Waals surface area contributed by atoms with Gasteiger partial charge in [0, 0.05) is 17.8 Å². The first-order valence-electron chi connectivity index (χ1n) is 10.7. The predicted molar refractivity (Wildman–Crippen MR) is 129 cm³/mol. The van der Waals surface area contributed by atoms with E-state index in [2.05, 4.69) is 15.8 Å². The zero-order valence-corrected chi connectivity index (χ0v) is 20.2. The number of carboxylic acids is 1. The van der Waals surface area contributed by atoms with Gasteiger partial charge >= 0.3 is 5.97 Å². The van der Waals surface area contributed by atoms with Gasteiger partial charge in [-0.25, -0.2) is 18.1 Å². The van der Waals surface area contributed by atoms with Crippen LogP contribution in [0.15, 0.2) is 42.6 Å². The summed E-state index contributed by atoms with van der Waals surface area (Å²) in [7, 11) is -3.93. The number of fused-ring (bicyclic) bond motifs is 1. The maximum Gasteiger partial charge on any atom is 0.320 e. The lowest BCUT2D eigenvalue weighted by atomic mass is 10.0. The van der Waals surface area contributed by atoms with E-state index in [1.54, 1.807) is 18.3 Å². The molecule has 10 heteroatoms. The molecule has 2 aromatic carbocycles. The molecule has 2 N–H and O–H groups in total. The molecule has 176 valence electrons. The number of nitrogens with one attached hydrogen (secondary N) is 1. The first-order valence-corrected chi connectivity index (χ1v) is 13.1. The minimum absolute atomic E-state index is 0.0398. The molecular formula is C24H23N3O5S2. The molecule has 1 unspecified atom stereocenters. The van der Waals surface area contributed by atoms with E-state index in [4.69, 9.17) is 9.84 Å². The number of aliphatic carboxylic acids is 1. The molecule has 0 amide bonds. The Labute approximate surface area is 201 Å². The Morgan fingerprint density at radius 2 is 2.15 bits per heavy atom. The Hall–Kier alpha value is -3.26. The number of nitriles is 1. The van der Waals surface area contributed by atoms with E-state index < -0.39 is 27.8 Å². The van der Waals surface area contributed by atoms with Crippen LogP contribution in [-0.4, -0.2) is 36.3 Å². The highest BCUT2D eigenvalue weighted by Gasteiger charge is 2.29. The van der Waals surface area contributed by atoms with Crippen LogP contribution >= 0.6 is 11.3 Å². The Kier molecular flexibility index (Phi) is 6.70. The van der Waals surface area contributed by atoms with Crippen molar-refractivity contribution >= 4 is 27.3 Å². The zero-order chi connectivity index (χ0) is 24.5. The lowest BCUT2D eigenvalue weighted by molar-refractivity contribution is -0.134. The summed E-state index contributed by atoms with van der Waals surface area (Å²) >= 11 is 1.49. The van der Waals surface area contributed by atoms with Crippen LogP contribution in [-0.2, 0) is 21.2 Å². The Morgan fingerprint density at radius 3 is 2.85 bits per heavy atom. The van der Waals surface area contributed by atoms with E-state index >= 15 is 0 Å². The SMILES string of the molecule is CC(C)Oc1ccc(-c2ncc(-c3cccc4c3CCC4NS(=O)(=O)CC(=O)O)s2)cc1C#N. The van der Waals surface area contributed by atoms with Gasteiger partial charge in [-0.2, -0.15) is 5.26 Å². The van der Waals surface area contributed by atoms with E-state index in [-0.39, 0.29) is 6.10 Å². The van der Waals surface area contributed by atoms with Crippen LogP contribution in [0.1, 0.15) is 43.0 Å². The number of carbonyl (C=O) groups is 1. The second kappa shape index (κ2) is 9.54. The highest BCUT2D eigenvalue weighted by atomic mass is 32.2. The number of thiazole rings is 1. The summed E-state index contributed by atoms with van der Waals surface area (Å²) < 4.78 is 32.5. The van der Waals surface area contributed by atoms with Crippen LogP contribution in [0.3, 0.4) is 0 Å². The third kappa shape index (κ3) is 5.12.